The molecule has 1 N–H and O–H groups in total. The van der Waals surface area contributed by atoms with Gasteiger partial charge in [-0.25, -0.2) is 9.78 Å². The molecule has 0 aliphatic carbocycles. The maximum Gasteiger partial charge on any atom is 0.321 e. The summed E-state index contributed by atoms with van der Waals surface area (Å²) in [5.41, 5.74) is 6.39. The van der Waals surface area contributed by atoms with E-state index in [4.69, 9.17) is 9.15 Å². The van der Waals surface area contributed by atoms with Crippen molar-refractivity contribution in [2.24, 2.45) is 0 Å². The van der Waals surface area contributed by atoms with Crippen molar-refractivity contribution >= 4 is 11.7 Å². The van der Waals surface area contributed by atoms with Gasteiger partial charge in [0.15, 0.2) is 11.7 Å². The molecule has 2 aromatic carbocycles. The lowest BCUT2D eigenvalue weighted by atomic mass is 10.0. The first-order valence-corrected chi connectivity index (χ1v) is 10.3. The standard InChI is InChI=1S/C24H27N3O3/c1-4-29-15-18-6-5-17(3)19(11-18)13-23-26-14-22(30-23)20-9-16(2)10-21(12-20)27-8-7-25-24(27)28/h5-6,9-12,14H,4,7-8,13,15H2,1-3H3,(H,25,28). The first kappa shape index (κ1) is 20.2. The van der Waals surface area contributed by atoms with Crippen LogP contribution in [0.4, 0.5) is 10.5 Å². The molecule has 0 bridgehead atoms. The Balaban J connectivity index is 1.56. The van der Waals surface area contributed by atoms with Crippen LogP contribution in [0.1, 0.15) is 35.1 Å². The Hall–Kier alpha value is -3.12. The summed E-state index contributed by atoms with van der Waals surface area (Å²) in [5, 5.41) is 2.84. The summed E-state index contributed by atoms with van der Waals surface area (Å²) >= 11 is 0. The smallest absolute Gasteiger partial charge is 0.321 e. The lowest BCUT2D eigenvalue weighted by molar-refractivity contribution is 0.134. The van der Waals surface area contributed by atoms with E-state index in [1.807, 2.05) is 26.0 Å². The number of nitrogens with one attached hydrogen (secondary N) is 1. The summed E-state index contributed by atoms with van der Waals surface area (Å²) in [4.78, 5) is 18.3. The summed E-state index contributed by atoms with van der Waals surface area (Å²) in [6.07, 6.45) is 2.39. The van der Waals surface area contributed by atoms with Crippen LogP contribution in [0.15, 0.2) is 47.0 Å². The first-order chi connectivity index (χ1) is 14.5. The molecule has 0 unspecified atom stereocenters. The summed E-state index contributed by atoms with van der Waals surface area (Å²) in [7, 11) is 0. The predicted octanol–water partition coefficient (Wildman–Crippen LogP) is 4.62. The average Bonchev–Trinajstić information content (AvgIpc) is 3.37. The topological polar surface area (TPSA) is 67.6 Å². The van der Waals surface area contributed by atoms with E-state index >= 15 is 0 Å². The number of urea groups is 1. The molecule has 1 aliphatic heterocycles. The molecule has 156 valence electrons. The fraction of sp³-hybridized carbons (Fsp3) is 0.333. The molecule has 1 aromatic heterocycles. The minimum atomic E-state index is -0.0628. The van der Waals surface area contributed by atoms with Crippen molar-refractivity contribution in [3.8, 4) is 11.3 Å². The zero-order chi connectivity index (χ0) is 21.1. The summed E-state index contributed by atoms with van der Waals surface area (Å²) < 4.78 is 11.6. The second kappa shape index (κ2) is 8.71. The van der Waals surface area contributed by atoms with Crippen molar-refractivity contribution in [2.75, 3.05) is 24.6 Å². The number of nitrogens with zero attached hydrogens (tertiary/aromatic N) is 2. The molecule has 6 heteroatoms. The van der Waals surface area contributed by atoms with E-state index in [-0.39, 0.29) is 6.03 Å². The van der Waals surface area contributed by atoms with Crippen molar-refractivity contribution in [1.82, 2.24) is 10.3 Å². The molecular formula is C24H27N3O3. The van der Waals surface area contributed by atoms with Crippen molar-refractivity contribution in [3.63, 3.8) is 0 Å². The second-order valence-electron chi connectivity index (χ2n) is 7.63. The molecule has 0 atom stereocenters. The third kappa shape index (κ3) is 4.39. The van der Waals surface area contributed by atoms with Crippen LogP contribution in [-0.2, 0) is 17.8 Å². The molecule has 6 nitrogen and oxygen atoms in total. The average molecular weight is 405 g/mol. The van der Waals surface area contributed by atoms with Crippen LogP contribution in [0.5, 0.6) is 0 Å². The number of anilines is 1. The van der Waals surface area contributed by atoms with Gasteiger partial charge in [-0.2, -0.15) is 0 Å². The highest BCUT2D eigenvalue weighted by Crippen LogP contribution is 2.29. The molecule has 0 radical (unpaired) electrons. The highest BCUT2D eigenvalue weighted by atomic mass is 16.5. The number of aromatic nitrogens is 1. The number of benzene rings is 2. The van der Waals surface area contributed by atoms with Gasteiger partial charge in [-0.15, -0.1) is 0 Å². The highest BCUT2D eigenvalue weighted by Gasteiger charge is 2.22. The van der Waals surface area contributed by atoms with Crippen molar-refractivity contribution in [3.05, 3.63) is 70.7 Å². The van der Waals surface area contributed by atoms with E-state index < -0.39 is 0 Å². The van der Waals surface area contributed by atoms with Crippen molar-refractivity contribution in [2.45, 2.75) is 33.8 Å². The van der Waals surface area contributed by atoms with Crippen LogP contribution in [0.25, 0.3) is 11.3 Å². The van der Waals surface area contributed by atoms with Crippen LogP contribution in [-0.4, -0.2) is 30.7 Å². The lowest BCUT2D eigenvalue weighted by Gasteiger charge is -2.16. The van der Waals surface area contributed by atoms with Crippen molar-refractivity contribution in [1.29, 1.82) is 0 Å². The Morgan fingerprint density at radius 2 is 2.07 bits per heavy atom. The highest BCUT2D eigenvalue weighted by molar-refractivity contribution is 5.94. The Kier molecular flexibility index (Phi) is 5.86. The Bertz CT molecular complexity index is 1060. The van der Waals surface area contributed by atoms with E-state index in [9.17, 15) is 4.79 Å². The van der Waals surface area contributed by atoms with E-state index in [1.54, 1.807) is 11.1 Å². The van der Waals surface area contributed by atoms with Gasteiger partial charge in [-0.3, -0.25) is 4.90 Å². The van der Waals surface area contributed by atoms with E-state index in [2.05, 4.69) is 41.5 Å². The van der Waals surface area contributed by atoms with Gasteiger partial charge in [-0.05, 0) is 61.2 Å². The Morgan fingerprint density at radius 3 is 2.83 bits per heavy atom. The maximum absolute atomic E-state index is 12.0. The molecule has 3 aromatic rings. The van der Waals surface area contributed by atoms with Gasteiger partial charge in [0.2, 0.25) is 0 Å². The SMILES string of the molecule is CCOCc1ccc(C)c(Cc2ncc(-c3cc(C)cc(N4CCNC4=O)c3)o2)c1. The molecule has 1 aliphatic rings. The van der Waals surface area contributed by atoms with Gasteiger partial charge >= 0.3 is 6.03 Å². The van der Waals surface area contributed by atoms with E-state index in [0.29, 0.717) is 44.4 Å². The number of oxazole rings is 1. The van der Waals surface area contributed by atoms with Gasteiger partial charge in [0, 0.05) is 37.4 Å². The number of hydrogen-bond acceptors (Lipinski definition) is 4. The Labute approximate surface area is 176 Å². The molecule has 30 heavy (non-hydrogen) atoms. The summed E-state index contributed by atoms with van der Waals surface area (Å²) in [6.45, 7) is 8.75. The largest absolute Gasteiger partial charge is 0.440 e. The number of amides is 2. The minimum absolute atomic E-state index is 0.0628. The third-order valence-corrected chi connectivity index (χ3v) is 5.30. The van der Waals surface area contributed by atoms with Gasteiger partial charge in [-0.1, -0.05) is 18.2 Å². The van der Waals surface area contributed by atoms with E-state index in [0.717, 1.165) is 22.4 Å². The summed E-state index contributed by atoms with van der Waals surface area (Å²) in [5.74, 6) is 1.38. The van der Waals surface area contributed by atoms with Gasteiger partial charge in [0.1, 0.15) is 0 Å². The molecule has 0 spiro atoms. The van der Waals surface area contributed by atoms with E-state index in [1.165, 1.54) is 11.1 Å². The monoisotopic (exact) mass is 405 g/mol. The number of aryl methyl sites for hydroxylation is 2. The zero-order valence-electron chi connectivity index (χ0n) is 17.7. The molecule has 2 heterocycles. The summed E-state index contributed by atoms with van der Waals surface area (Å²) in [6, 6.07) is 12.4. The molecular weight excluding hydrogens is 378 g/mol. The van der Waals surface area contributed by atoms with Crippen LogP contribution in [0.2, 0.25) is 0 Å². The molecule has 0 saturated carbocycles. The number of carbonyl (C=O) groups excluding carboxylic acids is 1. The van der Waals surface area contributed by atoms with Crippen LogP contribution < -0.4 is 10.2 Å². The van der Waals surface area contributed by atoms with Crippen LogP contribution in [0.3, 0.4) is 0 Å². The van der Waals surface area contributed by atoms with Gasteiger partial charge < -0.3 is 14.5 Å². The molecule has 2 amide bonds. The number of ether oxygens (including phenoxy) is 1. The second-order valence-corrected chi connectivity index (χ2v) is 7.63. The molecule has 1 saturated heterocycles. The molecule has 1 fully saturated rings. The van der Waals surface area contributed by atoms with Gasteiger partial charge in [0.25, 0.3) is 0 Å². The van der Waals surface area contributed by atoms with Gasteiger partial charge in [0.05, 0.1) is 12.8 Å². The number of rotatable bonds is 7. The number of hydrogen-bond donors (Lipinski definition) is 1. The normalized spacial score (nSPS) is 13.7. The minimum Gasteiger partial charge on any atom is -0.440 e. The third-order valence-electron chi connectivity index (χ3n) is 5.30. The maximum atomic E-state index is 12.0. The Morgan fingerprint density at radius 1 is 1.20 bits per heavy atom. The fourth-order valence-corrected chi connectivity index (χ4v) is 3.69. The van der Waals surface area contributed by atoms with Crippen molar-refractivity contribution < 1.29 is 13.9 Å². The quantitative estimate of drug-likeness (QED) is 0.623. The lowest BCUT2D eigenvalue weighted by Crippen LogP contribution is -2.27. The van der Waals surface area contributed by atoms with Crippen LogP contribution >= 0.6 is 0 Å². The molecule has 4 rings (SSSR count). The fourth-order valence-electron chi connectivity index (χ4n) is 3.69. The number of carbonyl (C=O) groups is 1. The zero-order valence-corrected chi connectivity index (χ0v) is 17.7. The first-order valence-electron chi connectivity index (χ1n) is 10.3. The van der Waals surface area contributed by atoms with Crippen LogP contribution in [0, 0.1) is 13.8 Å². The predicted molar refractivity (Wildman–Crippen MR) is 117 cm³/mol.